The molecular weight excluding hydrogens is 204 g/mol. The first-order valence-electron chi connectivity index (χ1n) is 7.08. The molecule has 0 amide bonds. The summed E-state index contributed by atoms with van der Waals surface area (Å²) in [7, 11) is 0. The third kappa shape index (κ3) is 2.91. The fourth-order valence-corrected chi connectivity index (χ4v) is 2.90. The first kappa shape index (κ1) is 14.3. The summed E-state index contributed by atoms with van der Waals surface area (Å²) in [6.45, 7) is 13.4. The summed E-state index contributed by atoms with van der Waals surface area (Å²) in [5.41, 5.74) is 3.37. The second kappa shape index (κ2) is 5.71. The van der Waals surface area contributed by atoms with Crippen LogP contribution in [-0.2, 0) is 0 Å². The monoisotopic (exact) mass is 232 g/mol. The van der Waals surface area contributed by atoms with Gasteiger partial charge in [-0.1, -0.05) is 64.4 Å². The average molecular weight is 232 g/mol. The molecule has 96 valence electrons. The molecule has 0 heterocycles. The topological polar surface area (TPSA) is 0 Å². The van der Waals surface area contributed by atoms with E-state index in [0.29, 0.717) is 5.41 Å². The van der Waals surface area contributed by atoms with Crippen LogP contribution in [0.5, 0.6) is 0 Å². The fourth-order valence-electron chi connectivity index (χ4n) is 2.90. The van der Waals surface area contributed by atoms with Crippen LogP contribution in [0.25, 0.3) is 0 Å². The Morgan fingerprint density at radius 1 is 1.00 bits per heavy atom. The first-order valence-corrected chi connectivity index (χ1v) is 7.08. The Balaban J connectivity index is 0.000000686. The zero-order chi connectivity index (χ0) is 13.1. The summed E-state index contributed by atoms with van der Waals surface area (Å²) in [5.74, 6) is 1.61. The van der Waals surface area contributed by atoms with Crippen molar-refractivity contribution in [2.75, 3.05) is 0 Å². The summed E-state index contributed by atoms with van der Waals surface area (Å²) < 4.78 is 0. The Bertz CT molecular complexity index is 332. The molecule has 0 heteroatoms. The van der Waals surface area contributed by atoms with Crippen molar-refractivity contribution in [1.29, 1.82) is 0 Å². The van der Waals surface area contributed by atoms with E-state index in [0.717, 1.165) is 11.8 Å². The minimum Gasteiger partial charge on any atom is -0.0683 e. The van der Waals surface area contributed by atoms with Crippen molar-refractivity contribution in [2.45, 2.75) is 60.3 Å². The third-order valence-corrected chi connectivity index (χ3v) is 4.54. The van der Waals surface area contributed by atoms with Gasteiger partial charge in [-0.05, 0) is 42.6 Å². The Hall–Kier alpha value is -0.780. The zero-order valence-electron chi connectivity index (χ0n) is 12.4. The second-order valence-electron chi connectivity index (χ2n) is 5.76. The van der Waals surface area contributed by atoms with Crippen molar-refractivity contribution in [3.8, 4) is 0 Å². The molecule has 0 aliphatic heterocycles. The van der Waals surface area contributed by atoms with Crippen molar-refractivity contribution in [3.63, 3.8) is 0 Å². The molecule has 17 heavy (non-hydrogen) atoms. The quantitative estimate of drug-likeness (QED) is 0.594. The van der Waals surface area contributed by atoms with Gasteiger partial charge in [0.2, 0.25) is 0 Å². The van der Waals surface area contributed by atoms with E-state index in [2.05, 4.69) is 52.0 Å². The van der Waals surface area contributed by atoms with Crippen molar-refractivity contribution in [1.82, 2.24) is 0 Å². The Morgan fingerprint density at radius 3 is 1.94 bits per heavy atom. The highest BCUT2D eigenvalue weighted by molar-refractivity contribution is 5.27. The van der Waals surface area contributed by atoms with Gasteiger partial charge in [0.05, 0.1) is 0 Å². The lowest BCUT2D eigenvalue weighted by Gasteiger charge is -2.31. The van der Waals surface area contributed by atoms with E-state index in [1.54, 1.807) is 0 Å². The normalized spacial score (nSPS) is 26.2. The molecule has 0 nitrogen and oxygen atoms in total. The fraction of sp³-hybridized carbons (Fsp3) is 0.647. The van der Waals surface area contributed by atoms with Crippen LogP contribution in [0.4, 0.5) is 0 Å². The van der Waals surface area contributed by atoms with Gasteiger partial charge in [0.25, 0.3) is 0 Å². The molecule has 1 fully saturated rings. The molecule has 0 radical (unpaired) electrons. The van der Waals surface area contributed by atoms with Crippen LogP contribution in [0.15, 0.2) is 24.3 Å². The van der Waals surface area contributed by atoms with E-state index in [4.69, 9.17) is 0 Å². The molecule has 1 aromatic carbocycles. The molecule has 1 aliphatic carbocycles. The minimum atomic E-state index is 0.468. The maximum absolute atomic E-state index is 2.43. The lowest BCUT2D eigenvalue weighted by atomic mass is 9.73. The summed E-state index contributed by atoms with van der Waals surface area (Å²) in [4.78, 5) is 0. The van der Waals surface area contributed by atoms with Crippen molar-refractivity contribution < 1.29 is 0 Å². The highest BCUT2D eigenvalue weighted by Crippen LogP contribution is 2.52. The van der Waals surface area contributed by atoms with Crippen molar-refractivity contribution in [3.05, 3.63) is 35.4 Å². The highest BCUT2D eigenvalue weighted by Gasteiger charge is 2.40. The van der Waals surface area contributed by atoms with Gasteiger partial charge < -0.3 is 0 Å². The lowest BCUT2D eigenvalue weighted by molar-refractivity contribution is 0.249. The van der Waals surface area contributed by atoms with E-state index in [1.807, 2.05) is 13.8 Å². The van der Waals surface area contributed by atoms with Gasteiger partial charge in [-0.3, -0.25) is 0 Å². The molecule has 2 rings (SSSR count). The van der Waals surface area contributed by atoms with Crippen molar-refractivity contribution >= 4 is 0 Å². The molecule has 1 aromatic rings. The molecule has 0 N–H and O–H groups in total. The Morgan fingerprint density at radius 2 is 1.53 bits per heavy atom. The van der Waals surface area contributed by atoms with E-state index >= 15 is 0 Å². The van der Waals surface area contributed by atoms with Gasteiger partial charge in [-0.2, -0.15) is 0 Å². The maximum Gasteiger partial charge on any atom is -0.0108 e. The zero-order valence-corrected chi connectivity index (χ0v) is 12.4. The van der Waals surface area contributed by atoms with Crippen LogP contribution in [-0.4, -0.2) is 0 Å². The molecule has 2 unspecified atom stereocenters. The largest absolute Gasteiger partial charge is 0.0683 e. The van der Waals surface area contributed by atoms with E-state index in [-0.39, 0.29) is 0 Å². The molecular formula is C17H28. The molecule has 0 bridgehead atoms. The summed E-state index contributed by atoms with van der Waals surface area (Å²) >= 11 is 0. The molecule has 0 aromatic heterocycles. The predicted octanol–water partition coefficient (Wildman–Crippen LogP) is 5.56. The standard InChI is InChI=1S/C15H22.C2H6/c1-11-5-8-13(9-6-11)14-10-7-12(2)15(14,3)4;1-2/h5-6,8-9,12,14H,7,10H2,1-4H3;1-2H3. The van der Waals surface area contributed by atoms with Crippen LogP contribution in [0.1, 0.15) is 64.5 Å². The third-order valence-electron chi connectivity index (χ3n) is 4.54. The predicted molar refractivity (Wildman–Crippen MR) is 77.4 cm³/mol. The highest BCUT2D eigenvalue weighted by atomic mass is 14.4. The lowest BCUT2D eigenvalue weighted by Crippen LogP contribution is -2.21. The van der Waals surface area contributed by atoms with E-state index < -0.39 is 0 Å². The summed E-state index contributed by atoms with van der Waals surface area (Å²) in [6.07, 6.45) is 2.74. The van der Waals surface area contributed by atoms with Gasteiger partial charge in [-0.25, -0.2) is 0 Å². The van der Waals surface area contributed by atoms with Gasteiger partial charge in [0, 0.05) is 0 Å². The molecule has 0 spiro atoms. The minimum absolute atomic E-state index is 0.468. The van der Waals surface area contributed by atoms with Crippen LogP contribution >= 0.6 is 0 Å². The van der Waals surface area contributed by atoms with Crippen molar-refractivity contribution in [2.24, 2.45) is 11.3 Å². The van der Waals surface area contributed by atoms with E-state index in [1.165, 1.54) is 24.0 Å². The SMILES string of the molecule is CC.Cc1ccc(C2CCC(C)C2(C)C)cc1. The number of aryl methyl sites for hydroxylation is 1. The molecule has 2 atom stereocenters. The molecule has 1 aliphatic rings. The number of rotatable bonds is 1. The van der Waals surface area contributed by atoms with Crippen LogP contribution in [0, 0.1) is 18.3 Å². The van der Waals surface area contributed by atoms with Gasteiger partial charge in [0.1, 0.15) is 0 Å². The molecule has 1 saturated carbocycles. The smallest absolute Gasteiger partial charge is 0.0108 e. The van der Waals surface area contributed by atoms with Crippen LogP contribution in [0.3, 0.4) is 0 Å². The number of benzene rings is 1. The Labute approximate surface area is 107 Å². The van der Waals surface area contributed by atoms with Gasteiger partial charge >= 0.3 is 0 Å². The summed E-state index contributed by atoms with van der Waals surface area (Å²) in [6, 6.07) is 9.13. The van der Waals surface area contributed by atoms with Gasteiger partial charge in [-0.15, -0.1) is 0 Å². The van der Waals surface area contributed by atoms with Crippen LogP contribution < -0.4 is 0 Å². The van der Waals surface area contributed by atoms with E-state index in [9.17, 15) is 0 Å². The maximum atomic E-state index is 2.43. The molecule has 0 saturated heterocycles. The number of hydrogen-bond acceptors (Lipinski definition) is 0. The second-order valence-corrected chi connectivity index (χ2v) is 5.76. The average Bonchev–Trinajstić information content (AvgIpc) is 2.59. The van der Waals surface area contributed by atoms with Gasteiger partial charge in [0.15, 0.2) is 0 Å². The number of hydrogen-bond donors (Lipinski definition) is 0. The first-order chi connectivity index (χ1) is 8.01. The Kier molecular flexibility index (Phi) is 4.80. The van der Waals surface area contributed by atoms with Crippen LogP contribution in [0.2, 0.25) is 0 Å². The summed E-state index contributed by atoms with van der Waals surface area (Å²) in [5, 5.41) is 0.